The zero-order valence-electron chi connectivity index (χ0n) is 12.5. The highest BCUT2D eigenvalue weighted by Gasteiger charge is 2.14. The Hall–Kier alpha value is -1.07. The second kappa shape index (κ2) is 8.97. The van der Waals surface area contributed by atoms with Crippen LogP contribution in [0.5, 0.6) is 0 Å². The summed E-state index contributed by atoms with van der Waals surface area (Å²) in [4.78, 5) is 4.60. The molecule has 1 atom stereocenters. The molecule has 1 unspecified atom stereocenters. The Morgan fingerprint density at radius 2 is 2.35 bits per heavy atom. The van der Waals surface area contributed by atoms with Crippen LogP contribution in [0.3, 0.4) is 0 Å². The highest BCUT2D eigenvalue weighted by atomic mass is 16.5. The Labute approximate surface area is 121 Å². The van der Waals surface area contributed by atoms with E-state index in [2.05, 4.69) is 28.6 Å². The number of nitrogens with zero attached hydrogens (tertiary/aromatic N) is 1. The molecule has 0 saturated carbocycles. The van der Waals surface area contributed by atoms with Crippen molar-refractivity contribution in [2.24, 2.45) is 4.99 Å². The number of nitrogens with one attached hydrogen (secondary N) is 2. The first-order valence-electron chi connectivity index (χ1n) is 7.78. The van der Waals surface area contributed by atoms with Gasteiger partial charge < -0.3 is 20.1 Å². The van der Waals surface area contributed by atoms with E-state index in [0.717, 1.165) is 64.7 Å². The third-order valence-corrected chi connectivity index (χ3v) is 3.62. The van der Waals surface area contributed by atoms with Crippen LogP contribution in [0.25, 0.3) is 0 Å². The largest absolute Gasteiger partial charge is 0.377 e. The Morgan fingerprint density at radius 3 is 3.05 bits per heavy atom. The average Bonchev–Trinajstić information content (AvgIpc) is 2.99. The van der Waals surface area contributed by atoms with Crippen LogP contribution in [0.15, 0.2) is 16.6 Å². The van der Waals surface area contributed by atoms with Crippen LogP contribution in [0.2, 0.25) is 0 Å². The number of guanidine groups is 1. The van der Waals surface area contributed by atoms with Crippen molar-refractivity contribution in [2.75, 3.05) is 39.5 Å². The van der Waals surface area contributed by atoms with Crippen molar-refractivity contribution in [3.63, 3.8) is 0 Å². The monoisotopic (exact) mass is 281 g/mol. The molecule has 0 aromatic carbocycles. The topological polar surface area (TPSA) is 54.9 Å². The first kappa shape index (κ1) is 15.3. The highest BCUT2D eigenvalue weighted by Crippen LogP contribution is 2.12. The molecule has 2 aliphatic rings. The van der Waals surface area contributed by atoms with E-state index in [1.54, 1.807) is 0 Å². The van der Waals surface area contributed by atoms with Crippen molar-refractivity contribution in [3.8, 4) is 0 Å². The Kier molecular flexibility index (Phi) is 6.88. The van der Waals surface area contributed by atoms with Gasteiger partial charge in [0.15, 0.2) is 5.96 Å². The average molecular weight is 281 g/mol. The summed E-state index contributed by atoms with van der Waals surface area (Å²) >= 11 is 0. The van der Waals surface area contributed by atoms with E-state index in [1.165, 1.54) is 12.0 Å². The zero-order valence-corrected chi connectivity index (χ0v) is 12.5. The molecule has 114 valence electrons. The first-order valence-corrected chi connectivity index (χ1v) is 7.78. The Balaban J connectivity index is 1.70. The van der Waals surface area contributed by atoms with Crippen molar-refractivity contribution in [1.29, 1.82) is 0 Å². The van der Waals surface area contributed by atoms with Crippen LogP contribution < -0.4 is 10.6 Å². The molecular formula is C15H27N3O2. The fourth-order valence-electron chi connectivity index (χ4n) is 2.46. The minimum atomic E-state index is 0.309. The van der Waals surface area contributed by atoms with Crippen molar-refractivity contribution < 1.29 is 9.47 Å². The van der Waals surface area contributed by atoms with Crippen molar-refractivity contribution in [3.05, 3.63) is 11.6 Å². The van der Waals surface area contributed by atoms with E-state index >= 15 is 0 Å². The molecule has 2 heterocycles. The van der Waals surface area contributed by atoms with E-state index in [4.69, 9.17) is 9.47 Å². The Morgan fingerprint density at radius 1 is 1.40 bits per heavy atom. The summed E-state index contributed by atoms with van der Waals surface area (Å²) in [6.07, 6.45) is 6.93. The van der Waals surface area contributed by atoms with Gasteiger partial charge in [-0.15, -0.1) is 0 Å². The lowest BCUT2D eigenvalue weighted by Gasteiger charge is -2.16. The summed E-state index contributed by atoms with van der Waals surface area (Å²) in [5.74, 6) is 0.899. The molecule has 5 nitrogen and oxygen atoms in total. The van der Waals surface area contributed by atoms with E-state index in [9.17, 15) is 0 Å². The minimum Gasteiger partial charge on any atom is -0.377 e. The summed E-state index contributed by atoms with van der Waals surface area (Å²) in [6, 6.07) is 0. The van der Waals surface area contributed by atoms with Crippen molar-refractivity contribution in [1.82, 2.24) is 10.6 Å². The van der Waals surface area contributed by atoms with Gasteiger partial charge in [0, 0.05) is 19.7 Å². The van der Waals surface area contributed by atoms with Crippen LogP contribution in [0.4, 0.5) is 0 Å². The van der Waals surface area contributed by atoms with E-state index in [-0.39, 0.29) is 0 Å². The molecule has 2 rings (SSSR count). The van der Waals surface area contributed by atoms with Crippen LogP contribution in [0.1, 0.15) is 32.6 Å². The van der Waals surface area contributed by atoms with E-state index in [1.807, 2.05) is 0 Å². The lowest BCUT2D eigenvalue weighted by atomic mass is 10.1. The van der Waals surface area contributed by atoms with Crippen molar-refractivity contribution in [2.45, 2.75) is 38.7 Å². The molecule has 0 aliphatic carbocycles. The molecule has 1 saturated heterocycles. The fourth-order valence-corrected chi connectivity index (χ4v) is 2.46. The van der Waals surface area contributed by atoms with Gasteiger partial charge in [-0.2, -0.15) is 0 Å². The minimum absolute atomic E-state index is 0.309. The van der Waals surface area contributed by atoms with Gasteiger partial charge in [-0.1, -0.05) is 11.6 Å². The van der Waals surface area contributed by atoms with Crippen molar-refractivity contribution >= 4 is 5.96 Å². The fraction of sp³-hybridized carbons (Fsp3) is 0.800. The summed E-state index contributed by atoms with van der Waals surface area (Å²) in [7, 11) is 0. The van der Waals surface area contributed by atoms with E-state index in [0.29, 0.717) is 6.10 Å². The molecule has 0 aromatic rings. The van der Waals surface area contributed by atoms with Crippen LogP contribution in [-0.4, -0.2) is 51.5 Å². The second-order valence-corrected chi connectivity index (χ2v) is 5.22. The molecule has 5 heteroatoms. The number of hydrogen-bond acceptors (Lipinski definition) is 3. The quantitative estimate of drug-likeness (QED) is 0.440. The molecular weight excluding hydrogens is 254 g/mol. The molecule has 0 amide bonds. The Bertz CT molecular complexity index is 336. The van der Waals surface area contributed by atoms with Crippen LogP contribution in [0, 0.1) is 0 Å². The van der Waals surface area contributed by atoms with Gasteiger partial charge in [-0.25, -0.2) is 0 Å². The third-order valence-electron chi connectivity index (χ3n) is 3.62. The summed E-state index contributed by atoms with van der Waals surface area (Å²) in [5.41, 5.74) is 1.48. The lowest BCUT2D eigenvalue weighted by Crippen LogP contribution is -2.38. The predicted molar refractivity (Wildman–Crippen MR) is 81.1 cm³/mol. The molecule has 0 spiro atoms. The highest BCUT2D eigenvalue weighted by molar-refractivity contribution is 5.79. The van der Waals surface area contributed by atoms with Gasteiger partial charge in [-0.05, 0) is 32.6 Å². The molecule has 1 fully saturated rings. The van der Waals surface area contributed by atoms with Gasteiger partial charge in [0.05, 0.1) is 25.9 Å². The maximum atomic E-state index is 5.60. The predicted octanol–water partition coefficient (Wildman–Crippen LogP) is 1.46. The zero-order chi connectivity index (χ0) is 14.0. The van der Waals surface area contributed by atoms with Gasteiger partial charge >= 0.3 is 0 Å². The lowest BCUT2D eigenvalue weighted by molar-refractivity contribution is 0.117. The maximum absolute atomic E-state index is 5.60. The van der Waals surface area contributed by atoms with Crippen LogP contribution in [-0.2, 0) is 9.47 Å². The van der Waals surface area contributed by atoms with Gasteiger partial charge in [0.25, 0.3) is 0 Å². The van der Waals surface area contributed by atoms with Gasteiger partial charge in [0.2, 0.25) is 0 Å². The number of hydrogen-bond donors (Lipinski definition) is 2. The molecule has 0 radical (unpaired) electrons. The number of aliphatic imine (C=N–C) groups is 1. The van der Waals surface area contributed by atoms with E-state index < -0.39 is 0 Å². The van der Waals surface area contributed by atoms with Gasteiger partial charge in [0.1, 0.15) is 0 Å². The molecule has 0 bridgehead atoms. The smallest absolute Gasteiger partial charge is 0.191 e. The molecule has 20 heavy (non-hydrogen) atoms. The maximum Gasteiger partial charge on any atom is 0.191 e. The summed E-state index contributed by atoms with van der Waals surface area (Å²) < 4.78 is 10.9. The summed E-state index contributed by atoms with van der Waals surface area (Å²) in [6.45, 7) is 7.16. The van der Waals surface area contributed by atoms with Crippen LogP contribution >= 0.6 is 0 Å². The first-order chi connectivity index (χ1) is 9.88. The standard InChI is InChI=1S/C15H27N3O2/c1-2-16-15(18-12-14-4-3-9-20-14)17-8-5-13-6-10-19-11-7-13/h6,14H,2-5,7-12H2,1H3,(H2,16,17,18). The third kappa shape index (κ3) is 5.51. The second-order valence-electron chi connectivity index (χ2n) is 5.22. The molecule has 0 aromatic heterocycles. The summed E-state index contributed by atoms with van der Waals surface area (Å²) in [5, 5.41) is 6.68. The number of rotatable bonds is 6. The SMILES string of the molecule is CCNC(=NCC1CCCO1)NCCC1=CCOCC1. The molecule has 2 aliphatic heterocycles. The normalized spacial score (nSPS) is 23.6. The molecule has 2 N–H and O–H groups in total. The van der Waals surface area contributed by atoms with Gasteiger partial charge in [-0.3, -0.25) is 4.99 Å². The number of ether oxygens (including phenoxy) is 2.